The fourth-order valence-electron chi connectivity index (χ4n) is 2.07. The van der Waals surface area contributed by atoms with Crippen molar-refractivity contribution < 1.29 is 24.0 Å². The highest BCUT2D eigenvalue weighted by Gasteiger charge is 2.07. The maximum atomic E-state index is 12.2. The standard InChI is InChI=1S/C19H17NO6/c1-2-25-19(22)13-26-17-9-7-15(8-10-17)18(21)11-6-14-4-3-5-16(12-14)20(23)24/h3-12H,2,13H2,1H3/b11-6+. The van der Waals surface area contributed by atoms with Crippen LogP contribution in [0.25, 0.3) is 6.08 Å². The number of ketones is 1. The SMILES string of the molecule is CCOC(=O)COc1ccc(C(=O)/C=C/c2cccc([N+](=O)[O-])c2)cc1. The van der Waals surface area contributed by atoms with E-state index in [1.165, 1.54) is 24.3 Å². The number of rotatable bonds is 8. The molecule has 0 heterocycles. The predicted octanol–water partition coefficient (Wildman–Crippen LogP) is 3.43. The van der Waals surface area contributed by atoms with Crippen LogP contribution < -0.4 is 4.74 Å². The second-order valence-corrected chi connectivity index (χ2v) is 5.17. The summed E-state index contributed by atoms with van der Waals surface area (Å²) in [5.41, 5.74) is 0.944. The zero-order valence-corrected chi connectivity index (χ0v) is 14.1. The molecule has 0 bridgehead atoms. The third-order valence-corrected chi connectivity index (χ3v) is 3.31. The Labute approximate surface area is 150 Å². The highest BCUT2D eigenvalue weighted by Crippen LogP contribution is 2.16. The normalized spacial score (nSPS) is 10.5. The van der Waals surface area contributed by atoms with E-state index in [1.807, 2.05) is 0 Å². The molecule has 2 rings (SSSR count). The molecule has 0 saturated heterocycles. The first kappa shape index (κ1) is 18.9. The molecule has 2 aromatic carbocycles. The first-order valence-electron chi connectivity index (χ1n) is 7.85. The Bertz CT molecular complexity index is 826. The van der Waals surface area contributed by atoms with Crippen LogP contribution >= 0.6 is 0 Å². The van der Waals surface area contributed by atoms with E-state index in [0.717, 1.165) is 0 Å². The van der Waals surface area contributed by atoms with Gasteiger partial charge in [-0.2, -0.15) is 0 Å². The van der Waals surface area contributed by atoms with Crippen LogP contribution in [0, 0.1) is 10.1 Å². The first-order chi connectivity index (χ1) is 12.5. The third-order valence-electron chi connectivity index (χ3n) is 3.31. The number of nitro benzene ring substituents is 1. The molecule has 0 radical (unpaired) electrons. The van der Waals surface area contributed by atoms with E-state index in [-0.39, 0.29) is 24.7 Å². The molecular formula is C19H17NO6. The minimum atomic E-state index is -0.492. The average molecular weight is 355 g/mol. The Morgan fingerprint density at radius 1 is 1.15 bits per heavy atom. The molecule has 0 unspecified atom stereocenters. The summed E-state index contributed by atoms with van der Waals surface area (Å²) in [4.78, 5) is 33.6. The number of ether oxygens (including phenoxy) is 2. The number of nitro groups is 1. The largest absolute Gasteiger partial charge is 0.482 e. The van der Waals surface area contributed by atoms with E-state index in [1.54, 1.807) is 43.3 Å². The lowest BCUT2D eigenvalue weighted by atomic mass is 10.1. The second-order valence-electron chi connectivity index (χ2n) is 5.17. The number of esters is 1. The molecule has 0 aromatic heterocycles. The van der Waals surface area contributed by atoms with Gasteiger partial charge in [0.15, 0.2) is 12.4 Å². The van der Waals surface area contributed by atoms with Crippen molar-refractivity contribution in [2.75, 3.05) is 13.2 Å². The number of allylic oxidation sites excluding steroid dienone is 1. The quantitative estimate of drug-likeness (QED) is 0.237. The van der Waals surface area contributed by atoms with E-state index in [4.69, 9.17) is 9.47 Å². The van der Waals surface area contributed by atoms with Crippen LogP contribution in [-0.4, -0.2) is 29.9 Å². The summed E-state index contributed by atoms with van der Waals surface area (Å²) in [5.74, 6) is -0.279. The van der Waals surface area contributed by atoms with Gasteiger partial charge in [-0.15, -0.1) is 0 Å². The molecule has 0 aliphatic carbocycles. The third kappa shape index (κ3) is 5.55. The van der Waals surface area contributed by atoms with Gasteiger partial charge in [-0.25, -0.2) is 4.79 Å². The van der Waals surface area contributed by atoms with Gasteiger partial charge < -0.3 is 9.47 Å². The molecule has 134 valence electrons. The van der Waals surface area contributed by atoms with Gasteiger partial charge in [0.1, 0.15) is 5.75 Å². The van der Waals surface area contributed by atoms with Gasteiger partial charge in [0, 0.05) is 17.7 Å². The lowest BCUT2D eigenvalue weighted by Crippen LogP contribution is -2.14. The highest BCUT2D eigenvalue weighted by atomic mass is 16.6. The van der Waals surface area contributed by atoms with Gasteiger partial charge in [-0.05, 0) is 42.8 Å². The fourth-order valence-corrected chi connectivity index (χ4v) is 2.07. The van der Waals surface area contributed by atoms with Gasteiger partial charge >= 0.3 is 5.97 Å². The molecular weight excluding hydrogens is 338 g/mol. The number of carbonyl (C=O) groups excluding carboxylic acids is 2. The minimum absolute atomic E-state index is 0.0392. The van der Waals surface area contributed by atoms with Crippen molar-refractivity contribution in [1.82, 2.24) is 0 Å². The number of benzene rings is 2. The topological polar surface area (TPSA) is 95.7 Å². The molecule has 0 fully saturated rings. The molecule has 0 N–H and O–H groups in total. The average Bonchev–Trinajstić information content (AvgIpc) is 2.65. The molecule has 0 saturated carbocycles. The van der Waals surface area contributed by atoms with Gasteiger partial charge in [-0.1, -0.05) is 18.2 Å². The molecule has 2 aromatic rings. The maximum absolute atomic E-state index is 12.2. The van der Waals surface area contributed by atoms with E-state index >= 15 is 0 Å². The molecule has 26 heavy (non-hydrogen) atoms. The van der Waals surface area contributed by atoms with E-state index in [0.29, 0.717) is 16.9 Å². The second kappa shape index (κ2) is 9.12. The molecule has 7 heteroatoms. The summed E-state index contributed by atoms with van der Waals surface area (Å²) < 4.78 is 10.0. The summed E-state index contributed by atoms with van der Waals surface area (Å²) in [7, 11) is 0. The van der Waals surface area contributed by atoms with Crippen molar-refractivity contribution in [3.05, 3.63) is 75.8 Å². The summed E-state index contributed by atoms with van der Waals surface area (Å²) >= 11 is 0. The van der Waals surface area contributed by atoms with E-state index < -0.39 is 10.9 Å². The Balaban J connectivity index is 1.98. The fraction of sp³-hybridized carbons (Fsp3) is 0.158. The molecule has 0 aliphatic rings. The van der Waals surface area contributed by atoms with E-state index in [2.05, 4.69) is 0 Å². The number of non-ortho nitro benzene ring substituents is 1. The van der Waals surface area contributed by atoms with Gasteiger partial charge in [0.25, 0.3) is 5.69 Å². The summed E-state index contributed by atoms with van der Waals surface area (Å²) in [6, 6.07) is 12.3. The zero-order valence-electron chi connectivity index (χ0n) is 14.1. The van der Waals surface area contributed by atoms with E-state index in [9.17, 15) is 19.7 Å². The van der Waals surface area contributed by atoms with Crippen LogP contribution in [0.5, 0.6) is 5.75 Å². The van der Waals surface area contributed by atoms with Gasteiger partial charge in [-0.3, -0.25) is 14.9 Å². The monoisotopic (exact) mass is 355 g/mol. The van der Waals surface area contributed by atoms with Crippen molar-refractivity contribution in [2.45, 2.75) is 6.92 Å². The number of nitrogens with zero attached hydrogens (tertiary/aromatic N) is 1. The predicted molar refractivity (Wildman–Crippen MR) is 95.0 cm³/mol. The number of carbonyl (C=O) groups is 2. The van der Waals surface area contributed by atoms with Crippen molar-refractivity contribution in [2.24, 2.45) is 0 Å². The van der Waals surface area contributed by atoms with Crippen molar-refractivity contribution in [3.63, 3.8) is 0 Å². The van der Waals surface area contributed by atoms with Crippen LogP contribution in [0.1, 0.15) is 22.8 Å². The van der Waals surface area contributed by atoms with Gasteiger partial charge in [0.05, 0.1) is 11.5 Å². The summed E-state index contributed by atoms with van der Waals surface area (Å²) in [6.07, 6.45) is 2.86. The molecule has 0 spiro atoms. The summed E-state index contributed by atoms with van der Waals surface area (Å²) in [6.45, 7) is 1.79. The zero-order chi connectivity index (χ0) is 18.9. The van der Waals surface area contributed by atoms with Gasteiger partial charge in [0.2, 0.25) is 0 Å². The molecule has 0 atom stereocenters. The number of hydrogen-bond acceptors (Lipinski definition) is 6. The Kier molecular flexibility index (Phi) is 6.61. The Morgan fingerprint density at radius 2 is 1.88 bits per heavy atom. The maximum Gasteiger partial charge on any atom is 0.344 e. The van der Waals surface area contributed by atoms with Crippen molar-refractivity contribution in [1.29, 1.82) is 0 Å². The summed E-state index contributed by atoms with van der Waals surface area (Å²) in [5, 5.41) is 10.8. The molecule has 0 amide bonds. The molecule has 7 nitrogen and oxygen atoms in total. The first-order valence-corrected chi connectivity index (χ1v) is 7.85. The Morgan fingerprint density at radius 3 is 2.54 bits per heavy atom. The van der Waals surface area contributed by atoms with Crippen LogP contribution in [0.15, 0.2) is 54.6 Å². The molecule has 0 aliphatic heterocycles. The minimum Gasteiger partial charge on any atom is -0.482 e. The van der Waals surface area contributed by atoms with Crippen LogP contribution in [0.3, 0.4) is 0 Å². The lowest BCUT2D eigenvalue weighted by molar-refractivity contribution is -0.384. The van der Waals surface area contributed by atoms with Crippen LogP contribution in [0.4, 0.5) is 5.69 Å². The van der Waals surface area contributed by atoms with Crippen LogP contribution in [-0.2, 0) is 9.53 Å². The smallest absolute Gasteiger partial charge is 0.344 e. The van der Waals surface area contributed by atoms with Crippen LogP contribution in [0.2, 0.25) is 0 Å². The number of hydrogen-bond donors (Lipinski definition) is 0. The van der Waals surface area contributed by atoms with Crippen molar-refractivity contribution >= 4 is 23.5 Å². The highest BCUT2D eigenvalue weighted by molar-refractivity contribution is 6.06. The Hall–Kier alpha value is -3.48. The van der Waals surface area contributed by atoms with Crippen molar-refractivity contribution in [3.8, 4) is 5.75 Å². The lowest BCUT2D eigenvalue weighted by Gasteiger charge is -2.06.